The fraction of sp³-hybridized carbons (Fsp3) is 0. The van der Waals surface area contributed by atoms with E-state index < -0.39 is 66.5 Å². The molecule has 0 bridgehead atoms. The van der Waals surface area contributed by atoms with Crippen LogP contribution in [0.2, 0.25) is 0 Å². The molecule has 0 aliphatic heterocycles. The number of rotatable bonds is 6. The smallest absolute Gasteiger partial charge is 0.164 e. The zero-order chi connectivity index (χ0) is 47.4. The minimum absolute atomic E-state index is 0.0520. The Balaban J connectivity index is 1.18. The van der Waals surface area contributed by atoms with E-state index in [1.807, 2.05) is 109 Å². The summed E-state index contributed by atoms with van der Waals surface area (Å²) in [7, 11) is 0. The predicted octanol–water partition coefficient (Wildman–Crippen LogP) is 13.7. The van der Waals surface area contributed by atoms with Gasteiger partial charge in [-0.25, -0.2) is 15.0 Å². The zero-order valence-electron chi connectivity index (χ0n) is 41.1. The van der Waals surface area contributed by atoms with Crippen LogP contribution in [0, 0.1) is 0 Å². The van der Waals surface area contributed by atoms with E-state index in [0.29, 0.717) is 11.1 Å². The zero-order valence-corrected chi connectivity index (χ0v) is 29.1. The second-order valence-electron chi connectivity index (χ2n) is 13.0. The fourth-order valence-electron chi connectivity index (χ4n) is 6.92. The van der Waals surface area contributed by atoms with Gasteiger partial charge in [-0.05, 0) is 81.8 Å². The molecule has 0 unspecified atom stereocenters. The summed E-state index contributed by atoms with van der Waals surface area (Å²) in [6.07, 6.45) is 0. The average Bonchev–Trinajstić information content (AvgIpc) is 3.96. The third-order valence-electron chi connectivity index (χ3n) is 9.60. The van der Waals surface area contributed by atoms with Gasteiger partial charge in [0, 0.05) is 38.2 Å². The lowest BCUT2D eigenvalue weighted by molar-refractivity contribution is 0.669. The Kier molecular flexibility index (Phi) is 5.10. The van der Waals surface area contributed by atoms with Gasteiger partial charge in [0.2, 0.25) is 0 Å². The first-order valence-corrected chi connectivity index (χ1v) is 17.7. The van der Waals surface area contributed by atoms with Gasteiger partial charge in [0.1, 0.15) is 22.3 Å². The molecule has 262 valence electrons. The Labute approximate surface area is 339 Å². The number of hydrogen-bond donors (Lipinski definition) is 0. The molecule has 0 atom stereocenters. The molecule has 3 aromatic heterocycles. The second kappa shape index (κ2) is 13.0. The lowest BCUT2D eigenvalue weighted by Gasteiger charge is -2.11. The maximum absolute atomic E-state index is 9.68. The predicted molar refractivity (Wildman–Crippen MR) is 227 cm³/mol. The van der Waals surface area contributed by atoms with Gasteiger partial charge in [-0.15, -0.1) is 0 Å². The quantitative estimate of drug-likeness (QED) is 0.170. The molecule has 0 spiro atoms. The van der Waals surface area contributed by atoms with Gasteiger partial charge in [-0.3, -0.25) is 0 Å². The highest BCUT2D eigenvalue weighted by Gasteiger charge is 2.18. The van der Waals surface area contributed by atoms with Gasteiger partial charge < -0.3 is 8.83 Å². The molecule has 0 aliphatic rings. The number of para-hydroxylation sites is 1. The van der Waals surface area contributed by atoms with Gasteiger partial charge in [0.05, 0.1) is 16.4 Å². The number of hydrogen-bond acceptors (Lipinski definition) is 5. The summed E-state index contributed by atoms with van der Waals surface area (Å²) in [4.78, 5) is 14.6. The van der Waals surface area contributed by atoms with Crippen LogP contribution in [-0.4, -0.2) is 15.0 Å². The fourth-order valence-corrected chi connectivity index (χ4v) is 6.92. The molecule has 3 heterocycles. The monoisotopic (exact) mass is 729 g/mol. The highest BCUT2D eigenvalue weighted by atomic mass is 16.3. The summed E-state index contributed by atoms with van der Waals surface area (Å²) in [6, 6.07) is 29.6. The van der Waals surface area contributed by atoms with Crippen molar-refractivity contribution in [2.24, 2.45) is 0 Å². The van der Waals surface area contributed by atoms with Crippen LogP contribution in [0.4, 0.5) is 0 Å². The van der Waals surface area contributed by atoms with E-state index in [2.05, 4.69) is 0 Å². The summed E-state index contributed by atoms with van der Waals surface area (Å²) >= 11 is 0. The molecule has 0 fully saturated rings. The molecule has 11 aromatic rings. The van der Waals surface area contributed by atoms with Crippen molar-refractivity contribution in [3.8, 4) is 67.5 Å². The summed E-state index contributed by atoms with van der Waals surface area (Å²) < 4.78 is 120. The van der Waals surface area contributed by atoms with Gasteiger partial charge in [-0.1, -0.05) is 139 Å². The maximum atomic E-state index is 9.68. The highest BCUT2D eigenvalue weighted by molar-refractivity contribution is 6.14. The Morgan fingerprint density at radius 2 is 0.929 bits per heavy atom. The van der Waals surface area contributed by atoms with Crippen LogP contribution >= 0.6 is 0 Å². The lowest BCUT2D eigenvalue weighted by atomic mass is 9.97. The molecule has 5 heteroatoms. The molecule has 0 saturated heterocycles. The molecule has 5 nitrogen and oxygen atoms in total. The minimum atomic E-state index is -0.665. The minimum Gasteiger partial charge on any atom is -0.456 e. The normalized spacial score (nSPS) is 14.6. The van der Waals surface area contributed by atoms with Gasteiger partial charge in [0.15, 0.2) is 17.5 Å². The topological polar surface area (TPSA) is 65.0 Å². The molecule has 11 rings (SSSR count). The van der Waals surface area contributed by atoms with Crippen molar-refractivity contribution in [1.82, 2.24) is 15.0 Å². The molecular weight excluding hydrogens is 687 g/mol. The van der Waals surface area contributed by atoms with Crippen molar-refractivity contribution >= 4 is 43.9 Å². The maximum Gasteiger partial charge on any atom is 0.164 e. The highest BCUT2D eigenvalue weighted by Crippen LogP contribution is 2.40. The van der Waals surface area contributed by atoms with Crippen molar-refractivity contribution in [3.63, 3.8) is 0 Å². The number of furan rings is 2. The Morgan fingerprint density at radius 1 is 0.357 bits per heavy atom. The van der Waals surface area contributed by atoms with Crippen molar-refractivity contribution in [1.29, 1.82) is 0 Å². The van der Waals surface area contributed by atoms with Crippen LogP contribution in [0.3, 0.4) is 0 Å². The van der Waals surface area contributed by atoms with Crippen LogP contribution in [-0.2, 0) is 0 Å². The summed E-state index contributed by atoms with van der Waals surface area (Å²) in [5.74, 6) is 0.297. The summed E-state index contributed by atoms with van der Waals surface area (Å²) in [5, 5.41) is -0.433. The van der Waals surface area contributed by atoms with E-state index in [4.69, 9.17) is 33.4 Å². The summed E-state index contributed by atoms with van der Waals surface area (Å²) in [6.45, 7) is 0. The SMILES string of the molecule is [2H]c1cc2c(oc3c([2H])c([2H])c(-c4c([2H])c([2H])c([2H])c5oc6c([2H])c(-c7nc(-c8cccc(-c9ccccc9)c8)nc(-c8cccc(-c9ccccc9)c8)n7)c([2H])c([2H])c6c45)c([2H])c32)c([2H])c1[2H]. The molecule has 0 aliphatic carbocycles. The van der Waals surface area contributed by atoms with E-state index in [-0.39, 0.29) is 84.1 Å². The standard InChI is InChI=1S/C51H31N3O2/c1-3-12-32(13-4-1)34-16-9-18-37(28-34)49-52-50(38-19-10-17-35(29-38)33-14-5-2-6-15-33)54-51(53-49)39-24-26-42-47(31-39)56-46-23-11-21-40(48(42)46)36-25-27-45-43(30-36)41-20-7-8-22-44(41)55-45/h1-31H/i7D,8D,11D,21D,22D,23D,24D,25D,26D,27D,30D,31D. The molecule has 0 N–H and O–H groups in total. The Hall–Kier alpha value is -7.63. The van der Waals surface area contributed by atoms with E-state index in [1.54, 1.807) is 0 Å². The van der Waals surface area contributed by atoms with Crippen molar-refractivity contribution in [3.05, 3.63) is 188 Å². The molecule has 0 saturated carbocycles. The first-order valence-electron chi connectivity index (χ1n) is 23.7. The first kappa shape index (κ1) is 21.9. The van der Waals surface area contributed by atoms with Crippen LogP contribution in [0.5, 0.6) is 0 Å². The third-order valence-corrected chi connectivity index (χ3v) is 9.60. The van der Waals surface area contributed by atoms with Crippen molar-refractivity contribution in [2.75, 3.05) is 0 Å². The third kappa shape index (κ3) is 5.53. The molecule has 0 radical (unpaired) electrons. The van der Waals surface area contributed by atoms with Crippen LogP contribution in [0.25, 0.3) is 111 Å². The number of fused-ring (bicyclic) bond motifs is 6. The van der Waals surface area contributed by atoms with Crippen molar-refractivity contribution < 1.29 is 25.3 Å². The van der Waals surface area contributed by atoms with Crippen LogP contribution in [0.15, 0.2) is 197 Å². The number of aromatic nitrogens is 3. The molecule has 56 heavy (non-hydrogen) atoms. The van der Waals surface area contributed by atoms with Gasteiger partial charge >= 0.3 is 0 Å². The van der Waals surface area contributed by atoms with E-state index >= 15 is 0 Å². The van der Waals surface area contributed by atoms with Gasteiger partial charge in [0.25, 0.3) is 0 Å². The Morgan fingerprint density at radius 3 is 1.62 bits per heavy atom. The van der Waals surface area contributed by atoms with Crippen LogP contribution in [0.1, 0.15) is 16.4 Å². The molecule has 0 amide bonds. The van der Waals surface area contributed by atoms with Crippen molar-refractivity contribution in [2.45, 2.75) is 0 Å². The van der Waals surface area contributed by atoms with E-state index in [0.717, 1.165) is 22.3 Å². The average molecular weight is 730 g/mol. The molecule has 8 aromatic carbocycles. The lowest BCUT2D eigenvalue weighted by Crippen LogP contribution is -2.00. The van der Waals surface area contributed by atoms with Gasteiger partial charge in [-0.2, -0.15) is 0 Å². The number of benzene rings is 8. The van der Waals surface area contributed by atoms with Crippen LogP contribution < -0.4 is 0 Å². The second-order valence-corrected chi connectivity index (χ2v) is 13.0. The summed E-state index contributed by atoms with van der Waals surface area (Å²) in [5.41, 5.74) is 2.88. The van der Waals surface area contributed by atoms with E-state index in [1.165, 1.54) is 6.07 Å². The molecular formula is C51H31N3O2. The first-order chi connectivity index (χ1) is 32.7. The Bertz CT molecular complexity index is 3850. The van der Waals surface area contributed by atoms with E-state index in [9.17, 15) is 6.85 Å². The largest absolute Gasteiger partial charge is 0.456 e. The number of nitrogens with zero attached hydrogens (tertiary/aromatic N) is 3.